The summed E-state index contributed by atoms with van der Waals surface area (Å²) in [6, 6.07) is 0. The lowest BCUT2D eigenvalue weighted by Crippen LogP contribution is -2.26. The number of nitrogens with zero attached hydrogens (tertiary/aromatic N) is 1. The van der Waals surface area contributed by atoms with Gasteiger partial charge in [-0.15, -0.1) is 0 Å². The van der Waals surface area contributed by atoms with E-state index in [1.54, 1.807) is 0 Å². The maximum Gasteiger partial charge on any atom is 0.327 e. The normalized spacial score (nSPS) is 49.8. The fraction of sp³-hybridized carbons (Fsp3) is 0.846. The smallest absolute Gasteiger partial charge is 0.327 e. The predicted molar refractivity (Wildman–Crippen MR) is 61.4 cm³/mol. The van der Waals surface area contributed by atoms with E-state index >= 15 is 0 Å². The molecule has 3 fully saturated rings. The van der Waals surface area contributed by atoms with Crippen molar-refractivity contribution in [3.63, 3.8) is 0 Å². The van der Waals surface area contributed by atoms with Gasteiger partial charge in [-0.1, -0.05) is 13.8 Å². The zero-order valence-electron chi connectivity index (χ0n) is 10.2. The quantitative estimate of drug-likeness (QED) is 0.684. The Balaban J connectivity index is 1.70. The molecule has 3 nitrogen and oxygen atoms in total. The number of carbonyl (C=O) groups excluding carboxylic acids is 1. The molecule has 0 aromatic carbocycles. The van der Waals surface area contributed by atoms with E-state index in [2.05, 4.69) is 18.8 Å². The second-order valence-electron chi connectivity index (χ2n) is 5.74. The lowest BCUT2D eigenvalue weighted by atomic mass is 9.73. The Hall–Kier alpha value is -0.860. The monoisotopic (exact) mass is 221 g/mol. The number of hydrogen-bond donors (Lipinski definition) is 0. The molecule has 0 aromatic rings. The van der Waals surface area contributed by atoms with Gasteiger partial charge in [0.15, 0.2) is 0 Å². The summed E-state index contributed by atoms with van der Waals surface area (Å²) in [5.74, 6) is 1.49. The number of ether oxygens (including phenoxy) is 1. The molecule has 88 valence electrons. The molecule has 3 saturated carbocycles. The third kappa shape index (κ3) is 0.910. The van der Waals surface area contributed by atoms with Crippen molar-refractivity contribution in [2.24, 2.45) is 27.7 Å². The summed E-state index contributed by atoms with van der Waals surface area (Å²) in [4.78, 5) is 15.8. The average Bonchev–Trinajstić information content (AvgIpc) is 2.55. The van der Waals surface area contributed by atoms with Crippen LogP contribution in [0.1, 0.15) is 33.6 Å². The fourth-order valence-electron chi connectivity index (χ4n) is 4.34. The Morgan fingerprint density at radius 3 is 2.81 bits per heavy atom. The van der Waals surface area contributed by atoms with Crippen molar-refractivity contribution in [1.29, 1.82) is 0 Å². The molecule has 0 saturated heterocycles. The standard InChI is InChI=1S/C13H19NO2/c1-4-16-11(15)7-14-10-6-8-5-9-12(8,2)13(9,10)3/h8-9H,4-7H2,1-3H3. The van der Waals surface area contributed by atoms with Gasteiger partial charge in [0.1, 0.15) is 6.54 Å². The van der Waals surface area contributed by atoms with E-state index in [-0.39, 0.29) is 12.5 Å². The lowest BCUT2D eigenvalue weighted by molar-refractivity contribution is -0.141. The molecule has 0 aliphatic heterocycles. The van der Waals surface area contributed by atoms with Gasteiger partial charge in [0, 0.05) is 11.1 Å². The molecule has 0 amide bonds. The molecule has 3 aliphatic carbocycles. The topological polar surface area (TPSA) is 38.7 Å². The van der Waals surface area contributed by atoms with Crippen LogP contribution in [-0.2, 0) is 9.53 Å². The van der Waals surface area contributed by atoms with E-state index in [9.17, 15) is 4.79 Å². The van der Waals surface area contributed by atoms with Gasteiger partial charge in [-0.25, -0.2) is 0 Å². The first-order valence-corrected chi connectivity index (χ1v) is 6.24. The van der Waals surface area contributed by atoms with Crippen LogP contribution in [0.3, 0.4) is 0 Å². The van der Waals surface area contributed by atoms with Gasteiger partial charge < -0.3 is 4.74 Å². The molecule has 0 spiro atoms. The molecule has 4 atom stereocenters. The van der Waals surface area contributed by atoms with Crippen molar-refractivity contribution in [3.05, 3.63) is 0 Å². The van der Waals surface area contributed by atoms with Crippen molar-refractivity contribution < 1.29 is 9.53 Å². The summed E-state index contributed by atoms with van der Waals surface area (Å²) in [5.41, 5.74) is 2.13. The van der Waals surface area contributed by atoms with Crippen LogP contribution in [0.25, 0.3) is 0 Å². The second-order valence-corrected chi connectivity index (χ2v) is 5.74. The zero-order chi connectivity index (χ0) is 11.6. The summed E-state index contributed by atoms with van der Waals surface area (Å²) in [5, 5.41) is 0. The Morgan fingerprint density at radius 1 is 1.56 bits per heavy atom. The zero-order valence-corrected chi connectivity index (χ0v) is 10.2. The van der Waals surface area contributed by atoms with E-state index in [1.165, 1.54) is 12.1 Å². The third-order valence-corrected chi connectivity index (χ3v) is 5.57. The number of carbonyl (C=O) groups is 1. The molecule has 0 bridgehead atoms. The largest absolute Gasteiger partial charge is 0.465 e. The summed E-state index contributed by atoms with van der Waals surface area (Å²) in [6.45, 7) is 7.21. The highest BCUT2D eigenvalue weighted by Crippen LogP contribution is 2.88. The third-order valence-electron chi connectivity index (χ3n) is 5.57. The highest BCUT2D eigenvalue weighted by Gasteiger charge is 2.85. The second kappa shape index (κ2) is 2.88. The molecule has 3 aliphatic rings. The molecule has 0 radical (unpaired) electrons. The molecule has 0 heterocycles. The van der Waals surface area contributed by atoms with Gasteiger partial charge in [-0.3, -0.25) is 9.79 Å². The number of esters is 1. The first-order chi connectivity index (χ1) is 7.55. The van der Waals surface area contributed by atoms with Crippen LogP contribution in [0.4, 0.5) is 0 Å². The van der Waals surface area contributed by atoms with Crippen LogP contribution >= 0.6 is 0 Å². The lowest BCUT2D eigenvalue weighted by Gasteiger charge is -2.31. The SMILES string of the molecule is CCOC(=O)CN=C1CC2CC3C1(C)C23C. The molecular formula is C13H19NO2. The van der Waals surface area contributed by atoms with E-state index in [4.69, 9.17) is 4.74 Å². The Bertz CT molecular complexity index is 383. The average molecular weight is 221 g/mol. The first-order valence-electron chi connectivity index (χ1n) is 6.24. The molecule has 0 N–H and O–H groups in total. The van der Waals surface area contributed by atoms with Crippen LogP contribution < -0.4 is 0 Å². The van der Waals surface area contributed by atoms with Crippen molar-refractivity contribution in [1.82, 2.24) is 0 Å². The van der Waals surface area contributed by atoms with E-state index in [0.29, 0.717) is 17.4 Å². The summed E-state index contributed by atoms with van der Waals surface area (Å²) in [6.07, 6.45) is 2.49. The Labute approximate surface area is 96.3 Å². The minimum atomic E-state index is -0.193. The van der Waals surface area contributed by atoms with Gasteiger partial charge in [0.2, 0.25) is 0 Å². The van der Waals surface area contributed by atoms with E-state index < -0.39 is 0 Å². The highest BCUT2D eigenvalue weighted by atomic mass is 16.5. The van der Waals surface area contributed by atoms with Gasteiger partial charge >= 0.3 is 5.97 Å². The first kappa shape index (κ1) is 10.3. The summed E-state index contributed by atoms with van der Waals surface area (Å²) in [7, 11) is 0. The van der Waals surface area contributed by atoms with Crippen LogP contribution in [0.15, 0.2) is 4.99 Å². The van der Waals surface area contributed by atoms with E-state index in [0.717, 1.165) is 18.3 Å². The number of aliphatic imine (C=N–C) groups is 1. The summed E-state index contributed by atoms with van der Waals surface area (Å²) >= 11 is 0. The highest BCUT2D eigenvalue weighted by molar-refractivity contribution is 6.00. The molecule has 16 heavy (non-hydrogen) atoms. The van der Waals surface area contributed by atoms with Gasteiger partial charge in [0.25, 0.3) is 0 Å². The fourth-order valence-corrected chi connectivity index (χ4v) is 4.34. The van der Waals surface area contributed by atoms with Crippen LogP contribution in [-0.4, -0.2) is 24.8 Å². The van der Waals surface area contributed by atoms with Crippen LogP contribution in [0.5, 0.6) is 0 Å². The maximum absolute atomic E-state index is 11.3. The van der Waals surface area contributed by atoms with Crippen molar-refractivity contribution in [2.75, 3.05) is 13.2 Å². The Morgan fingerprint density at radius 2 is 2.31 bits per heavy atom. The molecule has 0 aromatic heterocycles. The maximum atomic E-state index is 11.3. The molecular weight excluding hydrogens is 202 g/mol. The van der Waals surface area contributed by atoms with Crippen molar-refractivity contribution in [3.8, 4) is 0 Å². The van der Waals surface area contributed by atoms with Crippen molar-refractivity contribution in [2.45, 2.75) is 33.6 Å². The van der Waals surface area contributed by atoms with Gasteiger partial charge in [-0.05, 0) is 37.0 Å². The van der Waals surface area contributed by atoms with Gasteiger partial charge in [-0.2, -0.15) is 0 Å². The molecule has 4 unspecified atom stereocenters. The summed E-state index contributed by atoms with van der Waals surface area (Å²) < 4.78 is 4.90. The number of hydrogen-bond acceptors (Lipinski definition) is 3. The van der Waals surface area contributed by atoms with Crippen molar-refractivity contribution >= 4 is 11.7 Å². The van der Waals surface area contributed by atoms with Crippen LogP contribution in [0, 0.1) is 22.7 Å². The minimum absolute atomic E-state index is 0.193. The predicted octanol–water partition coefficient (Wildman–Crippen LogP) is 2.06. The Kier molecular flexibility index (Phi) is 1.85. The minimum Gasteiger partial charge on any atom is -0.465 e. The van der Waals surface area contributed by atoms with Crippen LogP contribution in [0.2, 0.25) is 0 Å². The van der Waals surface area contributed by atoms with E-state index in [1.807, 2.05) is 6.92 Å². The molecule has 3 heteroatoms. The number of fused-ring (bicyclic) bond motifs is 1. The molecule has 3 rings (SSSR count). The number of rotatable bonds is 3. The van der Waals surface area contributed by atoms with Gasteiger partial charge in [0.05, 0.1) is 6.61 Å².